The molecule has 2 unspecified atom stereocenters. The van der Waals surface area contributed by atoms with Gasteiger partial charge in [-0.2, -0.15) is 5.10 Å². The van der Waals surface area contributed by atoms with Crippen molar-refractivity contribution in [2.45, 2.75) is 32.6 Å². The number of urea groups is 1. The molecule has 3 heterocycles. The van der Waals surface area contributed by atoms with E-state index in [0.717, 1.165) is 16.3 Å². The summed E-state index contributed by atoms with van der Waals surface area (Å²) in [5.41, 5.74) is 1.87. The zero-order valence-electron chi connectivity index (χ0n) is 18.1. The van der Waals surface area contributed by atoms with Gasteiger partial charge in [0.25, 0.3) is 5.91 Å². The molecule has 1 fully saturated rings. The molecule has 0 N–H and O–H groups in total. The zero-order chi connectivity index (χ0) is 23.2. The summed E-state index contributed by atoms with van der Waals surface area (Å²) >= 11 is 0. The van der Waals surface area contributed by atoms with Crippen LogP contribution in [0.1, 0.15) is 17.0 Å². The Labute approximate surface area is 183 Å². The fraction of sp³-hybridized carbons (Fsp3) is 0.381. The van der Waals surface area contributed by atoms with Crippen molar-refractivity contribution >= 4 is 23.9 Å². The molecule has 32 heavy (non-hydrogen) atoms. The van der Waals surface area contributed by atoms with E-state index in [4.69, 9.17) is 0 Å². The normalized spacial score (nSPS) is 20.5. The predicted octanol–water partition coefficient (Wildman–Crippen LogP) is 1.12. The Hall–Kier alpha value is -3.76. The number of benzene rings is 1. The number of carbonyl (C=O) groups excluding carboxylic acids is 3. The van der Waals surface area contributed by atoms with Crippen molar-refractivity contribution < 1.29 is 23.5 Å². The molecule has 1 saturated heterocycles. The second kappa shape index (κ2) is 8.06. The Balaban J connectivity index is 1.79. The lowest BCUT2D eigenvalue weighted by Crippen LogP contribution is -2.65. The number of aromatic nitrogens is 2. The molecular weight excluding hydrogens is 419 g/mol. The van der Waals surface area contributed by atoms with E-state index in [9.17, 15) is 18.8 Å². The predicted molar refractivity (Wildman–Crippen MR) is 111 cm³/mol. The average molecular weight is 442 g/mol. The van der Waals surface area contributed by atoms with Crippen molar-refractivity contribution in [2.75, 3.05) is 20.7 Å². The maximum absolute atomic E-state index is 14.5. The van der Waals surface area contributed by atoms with Gasteiger partial charge in [-0.25, -0.2) is 18.9 Å². The van der Waals surface area contributed by atoms with Gasteiger partial charge in [0.15, 0.2) is 12.2 Å². The van der Waals surface area contributed by atoms with Gasteiger partial charge in [-0.15, -0.1) is 0 Å². The van der Waals surface area contributed by atoms with Gasteiger partial charge in [-0.1, -0.05) is 18.2 Å². The number of hydrogen-bond acceptors (Lipinski definition) is 7. The minimum absolute atomic E-state index is 0.0187. The van der Waals surface area contributed by atoms with Crippen molar-refractivity contribution in [3.63, 3.8) is 0 Å². The molecule has 0 spiro atoms. The van der Waals surface area contributed by atoms with Crippen LogP contribution in [0.4, 0.5) is 9.18 Å². The molecule has 0 saturated carbocycles. The number of aryl methyl sites for hydroxylation is 2. The molecule has 2 atom stereocenters. The minimum Gasteiger partial charge on any atom is -0.468 e. The number of halogens is 1. The number of likely N-dealkylation sites (N-methyl/N-ethyl adjacent to an activating group) is 1. The van der Waals surface area contributed by atoms with Crippen molar-refractivity contribution in [1.29, 1.82) is 0 Å². The molecule has 0 bridgehead atoms. The van der Waals surface area contributed by atoms with E-state index >= 15 is 0 Å². The standard InChI is InChI=1S/C21H23FN6O4/c1-12-9-13(2)28(24-12)20-23-18-17(26(20)10-14-7-5-6-8-15(14)22)19(30)27(11-16(29)32-4)21(31)25(18)3/h5-9,17-18H,10-11H2,1-4H3. The van der Waals surface area contributed by atoms with Crippen molar-refractivity contribution in [2.24, 2.45) is 4.99 Å². The molecule has 3 amide bonds. The molecule has 10 nitrogen and oxygen atoms in total. The largest absolute Gasteiger partial charge is 0.468 e. The van der Waals surface area contributed by atoms with E-state index in [2.05, 4.69) is 14.8 Å². The molecule has 0 radical (unpaired) electrons. The fourth-order valence-corrected chi connectivity index (χ4v) is 3.99. The van der Waals surface area contributed by atoms with Crippen LogP contribution in [-0.4, -0.2) is 81.3 Å². The minimum atomic E-state index is -0.958. The highest BCUT2D eigenvalue weighted by Gasteiger charge is 2.53. The molecular formula is C21H23FN6O4. The highest BCUT2D eigenvalue weighted by atomic mass is 19.1. The van der Waals surface area contributed by atoms with Crippen LogP contribution < -0.4 is 0 Å². The highest BCUT2D eigenvalue weighted by Crippen LogP contribution is 2.30. The Morgan fingerprint density at radius 3 is 2.56 bits per heavy atom. The maximum Gasteiger partial charge on any atom is 0.328 e. The summed E-state index contributed by atoms with van der Waals surface area (Å²) in [7, 11) is 2.68. The molecule has 168 valence electrons. The van der Waals surface area contributed by atoms with E-state index in [1.807, 2.05) is 19.9 Å². The third-order valence-corrected chi connectivity index (χ3v) is 5.58. The molecule has 4 rings (SSSR count). The van der Waals surface area contributed by atoms with Gasteiger partial charge < -0.3 is 14.5 Å². The first-order chi connectivity index (χ1) is 15.2. The van der Waals surface area contributed by atoms with Crippen LogP contribution in [0, 0.1) is 19.7 Å². The van der Waals surface area contributed by atoms with E-state index < -0.39 is 42.5 Å². The molecule has 11 heteroatoms. The van der Waals surface area contributed by atoms with Crippen LogP contribution in [0.25, 0.3) is 0 Å². The molecule has 2 aliphatic heterocycles. The van der Waals surface area contributed by atoms with E-state index in [-0.39, 0.29) is 6.54 Å². The maximum atomic E-state index is 14.5. The quantitative estimate of drug-likeness (QED) is 0.658. The number of hydrogen-bond donors (Lipinski definition) is 0. The Kier molecular flexibility index (Phi) is 5.41. The third kappa shape index (κ3) is 3.49. The van der Waals surface area contributed by atoms with E-state index in [0.29, 0.717) is 11.5 Å². The van der Waals surface area contributed by atoms with Crippen LogP contribution >= 0.6 is 0 Å². The molecule has 0 aliphatic carbocycles. The third-order valence-electron chi connectivity index (χ3n) is 5.58. The van der Waals surface area contributed by atoms with Crippen LogP contribution in [0.2, 0.25) is 0 Å². The molecule has 1 aromatic heterocycles. The lowest BCUT2D eigenvalue weighted by molar-refractivity contribution is -0.149. The number of aliphatic imine (C=N–C) groups is 1. The van der Waals surface area contributed by atoms with Crippen molar-refractivity contribution in [1.82, 2.24) is 24.5 Å². The van der Waals surface area contributed by atoms with Crippen LogP contribution in [0.5, 0.6) is 0 Å². The summed E-state index contributed by atoms with van der Waals surface area (Å²) in [6.45, 7) is 3.16. The summed E-state index contributed by atoms with van der Waals surface area (Å²) in [6.07, 6.45) is -0.852. The van der Waals surface area contributed by atoms with Crippen LogP contribution in [-0.2, 0) is 20.9 Å². The van der Waals surface area contributed by atoms with Gasteiger partial charge in [0.1, 0.15) is 12.4 Å². The number of fused-ring (bicyclic) bond motifs is 1. The highest BCUT2D eigenvalue weighted by molar-refractivity contribution is 6.05. The number of rotatable bonds is 4. The lowest BCUT2D eigenvalue weighted by atomic mass is 10.1. The number of esters is 1. The number of imide groups is 1. The topological polar surface area (TPSA) is 100 Å². The number of amides is 3. The summed E-state index contributed by atoms with van der Waals surface area (Å²) < 4.78 is 20.7. The van der Waals surface area contributed by atoms with Gasteiger partial charge in [-0.05, 0) is 26.0 Å². The molecule has 1 aromatic carbocycles. The van der Waals surface area contributed by atoms with Crippen LogP contribution in [0.15, 0.2) is 35.3 Å². The molecule has 2 aliphatic rings. The number of nitrogens with zero attached hydrogens (tertiary/aromatic N) is 6. The number of carbonyl (C=O) groups is 3. The molecule has 2 aromatic rings. The first-order valence-corrected chi connectivity index (χ1v) is 9.99. The monoisotopic (exact) mass is 442 g/mol. The van der Waals surface area contributed by atoms with Gasteiger partial charge >= 0.3 is 12.0 Å². The van der Waals surface area contributed by atoms with Gasteiger partial charge in [0.05, 0.1) is 12.8 Å². The van der Waals surface area contributed by atoms with Crippen molar-refractivity contribution in [3.05, 3.63) is 53.1 Å². The second-order valence-corrected chi connectivity index (χ2v) is 7.74. The number of methoxy groups -OCH3 is 1. The Morgan fingerprint density at radius 1 is 1.22 bits per heavy atom. The summed E-state index contributed by atoms with van der Waals surface area (Å²) in [5, 5.41) is 4.46. The van der Waals surface area contributed by atoms with Gasteiger partial charge in [-0.3, -0.25) is 14.5 Å². The van der Waals surface area contributed by atoms with Gasteiger partial charge in [0.2, 0.25) is 5.96 Å². The Bertz CT molecular complexity index is 1130. The smallest absolute Gasteiger partial charge is 0.328 e. The van der Waals surface area contributed by atoms with E-state index in [1.54, 1.807) is 27.8 Å². The fourth-order valence-electron chi connectivity index (χ4n) is 3.99. The SMILES string of the molecule is COC(=O)CN1C(=O)C2C(N=C(n3nc(C)cc3C)N2Cc2ccccc2F)N(C)C1=O. The van der Waals surface area contributed by atoms with Crippen molar-refractivity contribution in [3.8, 4) is 0 Å². The summed E-state index contributed by atoms with van der Waals surface area (Å²) in [5.74, 6) is -1.44. The number of ether oxygens (including phenoxy) is 1. The summed E-state index contributed by atoms with van der Waals surface area (Å²) in [4.78, 5) is 46.4. The summed E-state index contributed by atoms with van der Waals surface area (Å²) in [6, 6.07) is 6.48. The average Bonchev–Trinajstić information content (AvgIpc) is 3.30. The van der Waals surface area contributed by atoms with Crippen LogP contribution in [0.3, 0.4) is 0 Å². The second-order valence-electron chi connectivity index (χ2n) is 7.74. The first kappa shape index (κ1) is 21.5. The Morgan fingerprint density at radius 2 is 1.94 bits per heavy atom. The first-order valence-electron chi connectivity index (χ1n) is 9.99. The zero-order valence-corrected chi connectivity index (χ0v) is 18.1. The van der Waals surface area contributed by atoms with E-state index in [1.165, 1.54) is 25.1 Å². The lowest BCUT2D eigenvalue weighted by Gasteiger charge is -2.40. The van der Waals surface area contributed by atoms with Gasteiger partial charge in [0, 0.05) is 24.8 Å².